The predicted octanol–water partition coefficient (Wildman–Crippen LogP) is 6.82. The van der Waals surface area contributed by atoms with Gasteiger partial charge in [0.05, 0.1) is 17.1 Å². The first-order valence-corrected chi connectivity index (χ1v) is 9.31. The van der Waals surface area contributed by atoms with Crippen LogP contribution in [0.4, 0.5) is 22.7 Å². The number of nitrogens with two attached hydrogens (primary N) is 1. The van der Waals surface area contributed by atoms with E-state index in [4.69, 9.17) is 5.73 Å². The smallest absolute Gasteiger partial charge is 0.140 e. The molecule has 0 saturated carbocycles. The molecule has 1 aliphatic heterocycles. The van der Waals surface area contributed by atoms with E-state index in [1.165, 1.54) is 16.7 Å². The number of nitrogens with zero attached hydrogens (tertiary/aromatic N) is 1. The summed E-state index contributed by atoms with van der Waals surface area (Å²) in [6.07, 6.45) is 0. The first-order valence-electron chi connectivity index (χ1n) is 9.31. The maximum absolute atomic E-state index is 10.3. The van der Waals surface area contributed by atoms with Gasteiger partial charge in [0.1, 0.15) is 5.75 Å². The van der Waals surface area contributed by atoms with E-state index in [-0.39, 0.29) is 18.2 Å². The number of phenolic OH excluding ortho intramolecular Hbond substituents is 1. The number of benzene rings is 4. The van der Waals surface area contributed by atoms with Gasteiger partial charge in [-0.25, -0.2) is 0 Å². The molecule has 0 aliphatic carbocycles. The van der Waals surface area contributed by atoms with Crippen molar-refractivity contribution in [1.82, 2.24) is 0 Å². The summed E-state index contributed by atoms with van der Waals surface area (Å²) in [5.41, 5.74) is 15.2. The second-order valence-corrected chi connectivity index (χ2v) is 7.16. The summed E-state index contributed by atoms with van der Waals surface area (Å²) in [5.74, 6) is 0.0880. The number of phenols is 1. The van der Waals surface area contributed by atoms with E-state index in [2.05, 4.69) is 66.4 Å². The number of hydrogen-bond donors (Lipinski definition) is 2. The minimum Gasteiger partial charge on any atom is -0.506 e. The second kappa shape index (κ2) is 7.19. The van der Waals surface area contributed by atoms with Crippen molar-refractivity contribution in [3.8, 4) is 28.0 Å². The van der Waals surface area contributed by atoms with Gasteiger partial charge in [-0.1, -0.05) is 60.2 Å². The Kier molecular flexibility index (Phi) is 4.69. The van der Waals surface area contributed by atoms with Crippen LogP contribution >= 0.6 is 12.4 Å². The third-order valence-electron chi connectivity index (χ3n) is 5.32. The van der Waals surface area contributed by atoms with E-state index in [0.717, 1.165) is 28.2 Å². The number of aryl methyl sites for hydroxylation is 1. The molecule has 4 aromatic rings. The number of nitrogen functional groups attached to an aromatic ring is 1. The first kappa shape index (κ1) is 18.9. The van der Waals surface area contributed by atoms with Gasteiger partial charge < -0.3 is 15.7 Å². The van der Waals surface area contributed by atoms with Crippen molar-refractivity contribution in [3.63, 3.8) is 0 Å². The molecule has 0 saturated heterocycles. The molecule has 0 amide bonds. The molecule has 0 radical (unpaired) electrons. The summed E-state index contributed by atoms with van der Waals surface area (Å²) in [6, 6.07) is 28.8. The molecule has 0 bridgehead atoms. The van der Waals surface area contributed by atoms with Crippen LogP contribution in [-0.4, -0.2) is 5.11 Å². The fraction of sp³-hybridized carbons (Fsp3) is 0.0400. The Hall–Kier alpha value is -3.43. The lowest BCUT2D eigenvalue weighted by molar-refractivity contribution is 0.478. The molecule has 4 aromatic carbocycles. The number of para-hydroxylation sites is 2. The number of fused-ring (bicyclic) bond motifs is 5. The van der Waals surface area contributed by atoms with E-state index in [1.54, 1.807) is 12.1 Å². The van der Waals surface area contributed by atoms with E-state index < -0.39 is 0 Å². The summed E-state index contributed by atoms with van der Waals surface area (Å²) < 4.78 is 0. The van der Waals surface area contributed by atoms with Gasteiger partial charge in [-0.15, -0.1) is 12.4 Å². The Bertz CT molecular complexity index is 1220. The van der Waals surface area contributed by atoms with Crippen LogP contribution in [0, 0.1) is 6.92 Å². The first-order chi connectivity index (χ1) is 13.6. The van der Waals surface area contributed by atoms with Gasteiger partial charge in [-0.2, -0.15) is 0 Å². The van der Waals surface area contributed by atoms with Crippen molar-refractivity contribution in [1.29, 1.82) is 0 Å². The molecule has 1 heterocycles. The van der Waals surface area contributed by atoms with Crippen LogP contribution < -0.4 is 10.6 Å². The maximum Gasteiger partial charge on any atom is 0.140 e. The summed E-state index contributed by atoms with van der Waals surface area (Å²) in [4.78, 5) is 2.19. The molecule has 1 aliphatic rings. The molecule has 0 atom stereocenters. The predicted molar refractivity (Wildman–Crippen MR) is 124 cm³/mol. The summed E-state index contributed by atoms with van der Waals surface area (Å²) in [5, 5.41) is 10.3. The molecular formula is C25H21ClN2O. The topological polar surface area (TPSA) is 49.5 Å². The molecule has 5 rings (SSSR count). The molecule has 29 heavy (non-hydrogen) atoms. The van der Waals surface area contributed by atoms with Crippen LogP contribution in [0.2, 0.25) is 0 Å². The second-order valence-electron chi connectivity index (χ2n) is 7.16. The van der Waals surface area contributed by atoms with Crippen LogP contribution in [0.1, 0.15) is 5.56 Å². The maximum atomic E-state index is 10.3. The van der Waals surface area contributed by atoms with Crippen LogP contribution in [0.3, 0.4) is 0 Å². The van der Waals surface area contributed by atoms with Gasteiger partial charge in [0.15, 0.2) is 0 Å². The summed E-state index contributed by atoms with van der Waals surface area (Å²) in [6.45, 7) is 2.12. The van der Waals surface area contributed by atoms with Gasteiger partial charge in [0.25, 0.3) is 0 Å². The molecule has 0 fully saturated rings. The molecule has 0 spiro atoms. The van der Waals surface area contributed by atoms with Gasteiger partial charge in [0.2, 0.25) is 0 Å². The van der Waals surface area contributed by atoms with Crippen LogP contribution in [0.25, 0.3) is 22.3 Å². The lowest BCUT2D eigenvalue weighted by Gasteiger charge is -2.27. The van der Waals surface area contributed by atoms with Crippen molar-refractivity contribution in [2.24, 2.45) is 0 Å². The number of hydrogen-bond acceptors (Lipinski definition) is 3. The number of rotatable bonds is 1. The van der Waals surface area contributed by atoms with Crippen LogP contribution in [-0.2, 0) is 0 Å². The van der Waals surface area contributed by atoms with Crippen LogP contribution in [0.15, 0.2) is 84.9 Å². The Morgan fingerprint density at radius 2 is 1.31 bits per heavy atom. The Labute approximate surface area is 176 Å². The van der Waals surface area contributed by atoms with Crippen molar-refractivity contribution in [2.45, 2.75) is 6.92 Å². The number of anilines is 4. The zero-order valence-corrected chi connectivity index (χ0v) is 16.8. The van der Waals surface area contributed by atoms with Crippen LogP contribution in [0.5, 0.6) is 5.75 Å². The van der Waals surface area contributed by atoms with Gasteiger partial charge in [-0.05, 0) is 42.3 Å². The number of halogens is 1. The highest BCUT2D eigenvalue weighted by molar-refractivity contribution is 6.02. The largest absolute Gasteiger partial charge is 0.506 e. The lowest BCUT2D eigenvalue weighted by atomic mass is 9.93. The van der Waals surface area contributed by atoms with Crippen molar-refractivity contribution in [3.05, 3.63) is 90.5 Å². The Morgan fingerprint density at radius 1 is 0.690 bits per heavy atom. The monoisotopic (exact) mass is 400 g/mol. The average Bonchev–Trinajstić information content (AvgIpc) is 2.83. The van der Waals surface area contributed by atoms with Gasteiger partial charge >= 0.3 is 0 Å². The highest BCUT2D eigenvalue weighted by Crippen LogP contribution is 2.51. The molecule has 0 aromatic heterocycles. The molecule has 3 nitrogen and oxygen atoms in total. The molecule has 3 N–H and O–H groups in total. The number of aromatic hydroxyl groups is 1. The fourth-order valence-electron chi connectivity index (χ4n) is 3.99. The summed E-state index contributed by atoms with van der Waals surface area (Å²) >= 11 is 0. The van der Waals surface area contributed by atoms with E-state index in [1.807, 2.05) is 18.2 Å². The lowest BCUT2D eigenvalue weighted by Crippen LogP contribution is -2.10. The quantitative estimate of drug-likeness (QED) is 0.239. The SMILES string of the molecule is Cc1ccc2c(c1)-c1ccccc1N(c1ccc(N)c(O)c1)c1ccccc1-2.Cl. The zero-order valence-electron chi connectivity index (χ0n) is 16.0. The third kappa shape index (κ3) is 3.00. The molecule has 0 unspecified atom stereocenters. The van der Waals surface area contributed by atoms with Crippen molar-refractivity contribution < 1.29 is 5.11 Å². The molecule has 144 valence electrons. The van der Waals surface area contributed by atoms with E-state index in [0.29, 0.717) is 5.69 Å². The van der Waals surface area contributed by atoms with Gasteiger partial charge in [0, 0.05) is 22.9 Å². The standard InChI is InChI=1S/C25H20N2O.ClH/c1-16-10-12-18-19-6-2-4-8-23(19)27(17-11-13-22(26)25(28)15-17)24-9-5-3-7-20(24)21(18)14-16;/h2-15,28H,26H2,1H3;1H. The van der Waals surface area contributed by atoms with E-state index >= 15 is 0 Å². The third-order valence-corrected chi connectivity index (χ3v) is 5.32. The molecular weight excluding hydrogens is 380 g/mol. The minimum absolute atomic E-state index is 0. The minimum atomic E-state index is 0. The van der Waals surface area contributed by atoms with Crippen molar-refractivity contribution in [2.75, 3.05) is 10.6 Å². The average molecular weight is 401 g/mol. The normalized spacial score (nSPS) is 11.6. The van der Waals surface area contributed by atoms with Gasteiger partial charge in [-0.3, -0.25) is 0 Å². The van der Waals surface area contributed by atoms with Crippen molar-refractivity contribution >= 4 is 35.2 Å². The highest BCUT2D eigenvalue weighted by Gasteiger charge is 2.25. The Balaban J connectivity index is 0.00000205. The zero-order chi connectivity index (χ0) is 19.3. The fourth-order valence-corrected chi connectivity index (χ4v) is 3.99. The highest BCUT2D eigenvalue weighted by atomic mass is 35.5. The summed E-state index contributed by atoms with van der Waals surface area (Å²) in [7, 11) is 0. The van der Waals surface area contributed by atoms with E-state index in [9.17, 15) is 5.11 Å². The molecule has 4 heteroatoms. The Morgan fingerprint density at radius 3 is 1.97 bits per heavy atom.